The maximum absolute atomic E-state index is 13.1. The van der Waals surface area contributed by atoms with E-state index in [2.05, 4.69) is 0 Å². The van der Waals surface area contributed by atoms with Crippen LogP contribution < -0.4 is 5.73 Å². The summed E-state index contributed by atoms with van der Waals surface area (Å²) in [6.07, 6.45) is 0. The molecule has 4 heteroatoms. The molecule has 1 aromatic carbocycles. The summed E-state index contributed by atoms with van der Waals surface area (Å²) in [5.74, 6) is -0.316. The zero-order valence-electron chi connectivity index (χ0n) is 8.71. The molecule has 1 atom stereocenters. The van der Waals surface area contributed by atoms with E-state index in [9.17, 15) is 4.39 Å². The summed E-state index contributed by atoms with van der Waals surface area (Å²) in [7, 11) is 0. The number of rotatable bonds is 2. The summed E-state index contributed by atoms with van der Waals surface area (Å²) < 4.78 is 13.1. The summed E-state index contributed by atoms with van der Waals surface area (Å²) in [6.45, 7) is 1.99. The zero-order chi connectivity index (χ0) is 11.7. The first-order valence-corrected chi connectivity index (χ1v) is 6.10. The molecule has 0 saturated carbocycles. The molecule has 0 saturated heterocycles. The maximum Gasteiger partial charge on any atom is 0.123 e. The number of benzene rings is 1. The van der Waals surface area contributed by atoms with Gasteiger partial charge in [0.25, 0.3) is 0 Å². The van der Waals surface area contributed by atoms with E-state index in [1.165, 1.54) is 18.2 Å². The summed E-state index contributed by atoms with van der Waals surface area (Å²) in [4.78, 5) is 1.02. The van der Waals surface area contributed by atoms with Gasteiger partial charge >= 0.3 is 0 Å². The minimum atomic E-state index is -0.358. The highest BCUT2D eigenvalue weighted by molar-refractivity contribution is 7.10. The van der Waals surface area contributed by atoms with Crippen LogP contribution in [0, 0.1) is 12.7 Å². The molecule has 0 aliphatic heterocycles. The molecule has 1 nitrogen and oxygen atoms in total. The van der Waals surface area contributed by atoms with E-state index >= 15 is 0 Å². The lowest BCUT2D eigenvalue weighted by Crippen LogP contribution is -2.12. The van der Waals surface area contributed by atoms with Crippen LogP contribution in [-0.2, 0) is 0 Å². The third-order valence-corrected chi connectivity index (χ3v) is 3.92. The predicted octanol–water partition coefficient (Wildman–Crippen LogP) is 3.90. The van der Waals surface area contributed by atoms with Crippen LogP contribution in [0.2, 0.25) is 5.02 Å². The van der Waals surface area contributed by atoms with E-state index in [1.807, 2.05) is 18.4 Å². The Morgan fingerprint density at radius 3 is 2.75 bits per heavy atom. The maximum atomic E-state index is 13.1. The minimum Gasteiger partial charge on any atom is -0.320 e. The van der Waals surface area contributed by atoms with E-state index in [1.54, 1.807) is 11.3 Å². The van der Waals surface area contributed by atoms with Crippen LogP contribution in [0.5, 0.6) is 0 Å². The number of halogens is 2. The van der Waals surface area contributed by atoms with E-state index in [-0.39, 0.29) is 11.9 Å². The Morgan fingerprint density at radius 2 is 2.12 bits per heavy atom. The Labute approximate surface area is 103 Å². The minimum absolute atomic E-state index is 0.316. The van der Waals surface area contributed by atoms with Crippen molar-refractivity contribution in [3.8, 4) is 0 Å². The SMILES string of the molecule is Cc1ccsc1C(N)c1cc(F)ccc1Cl. The highest BCUT2D eigenvalue weighted by atomic mass is 35.5. The van der Waals surface area contributed by atoms with Crippen molar-refractivity contribution in [2.45, 2.75) is 13.0 Å². The molecule has 1 aromatic heterocycles. The first-order chi connectivity index (χ1) is 7.59. The van der Waals surface area contributed by atoms with Gasteiger partial charge in [-0.15, -0.1) is 11.3 Å². The Bertz CT molecular complexity index is 509. The number of hydrogen-bond donors (Lipinski definition) is 1. The van der Waals surface area contributed by atoms with Gasteiger partial charge in [-0.25, -0.2) is 4.39 Å². The molecule has 0 aliphatic carbocycles. The van der Waals surface area contributed by atoms with Gasteiger partial charge in [0.2, 0.25) is 0 Å². The molecule has 0 amide bonds. The quantitative estimate of drug-likeness (QED) is 0.866. The van der Waals surface area contributed by atoms with Gasteiger partial charge in [0.15, 0.2) is 0 Å². The van der Waals surface area contributed by atoms with Crippen LogP contribution in [0.3, 0.4) is 0 Å². The van der Waals surface area contributed by atoms with E-state index in [0.29, 0.717) is 10.6 Å². The van der Waals surface area contributed by atoms with Gasteiger partial charge in [-0.3, -0.25) is 0 Å². The average Bonchev–Trinajstić information content (AvgIpc) is 2.67. The molecule has 0 spiro atoms. The summed E-state index contributed by atoms with van der Waals surface area (Å²) >= 11 is 7.58. The second-order valence-corrected chi connectivity index (χ2v) is 4.97. The van der Waals surface area contributed by atoms with Crippen LogP contribution in [-0.4, -0.2) is 0 Å². The summed E-state index contributed by atoms with van der Waals surface area (Å²) in [5.41, 5.74) is 7.83. The molecule has 16 heavy (non-hydrogen) atoms. The fourth-order valence-corrected chi connectivity index (χ4v) is 2.78. The Hall–Kier alpha value is -0.900. The van der Waals surface area contributed by atoms with Gasteiger partial charge < -0.3 is 5.73 Å². The molecule has 0 fully saturated rings. The van der Waals surface area contributed by atoms with Crippen molar-refractivity contribution < 1.29 is 4.39 Å². The van der Waals surface area contributed by atoms with Crippen LogP contribution in [0.15, 0.2) is 29.6 Å². The van der Waals surface area contributed by atoms with Crippen molar-refractivity contribution in [3.63, 3.8) is 0 Å². The van der Waals surface area contributed by atoms with Crippen molar-refractivity contribution in [3.05, 3.63) is 56.5 Å². The van der Waals surface area contributed by atoms with Gasteiger partial charge in [-0.2, -0.15) is 0 Å². The first kappa shape index (κ1) is 11.6. The van der Waals surface area contributed by atoms with E-state index in [0.717, 1.165) is 10.4 Å². The number of aryl methyl sites for hydroxylation is 1. The number of nitrogens with two attached hydrogens (primary N) is 1. The van der Waals surface area contributed by atoms with Crippen molar-refractivity contribution in [2.24, 2.45) is 5.73 Å². The Balaban J connectivity index is 2.45. The zero-order valence-corrected chi connectivity index (χ0v) is 10.3. The van der Waals surface area contributed by atoms with Crippen LogP contribution in [0.1, 0.15) is 22.0 Å². The molecular formula is C12H11ClFNS. The molecule has 2 aromatic rings. The third kappa shape index (κ3) is 2.12. The normalized spacial score (nSPS) is 12.8. The summed E-state index contributed by atoms with van der Waals surface area (Å²) in [5, 5.41) is 2.47. The lowest BCUT2D eigenvalue weighted by atomic mass is 10.0. The second-order valence-electron chi connectivity index (χ2n) is 3.61. The topological polar surface area (TPSA) is 26.0 Å². The molecule has 1 unspecified atom stereocenters. The smallest absolute Gasteiger partial charge is 0.123 e. The van der Waals surface area contributed by atoms with Crippen molar-refractivity contribution >= 4 is 22.9 Å². The Morgan fingerprint density at radius 1 is 1.38 bits per heavy atom. The van der Waals surface area contributed by atoms with E-state index in [4.69, 9.17) is 17.3 Å². The van der Waals surface area contributed by atoms with Gasteiger partial charge in [0, 0.05) is 9.90 Å². The monoisotopic (exact) mass is 255 g/mol. The second kappa shape index (κ2) is 4.53. The first-order valence-electron chi connectivity index (χ1n) is 4.84. The Kier molecular flexibility index (Phi) is 3.28. The standard InChI is InChI=1S/C12H11ClFNS/c1-7-4-5-16-12(7)11(15)9-6-8(14)2-3-10(9)13/h2-6,11H,15H2,1H3. The van der Waals surface area contributed by atoms with Crippen LogP contribution >= 0.6 is 22.9 Å². The fraction of sp³-hybridized carbons (Fsp3) is 0.167. The van der Waals surface area contributed by atoms with Gasteiger partial charge in [0.05, 0.1) is 6.04 Å². The molecule has 84 valence electrons. The average molecular weight is 256 g/mol. The predicted molar refractivity (Wildman–Crippen MR) is 66.5 cm³/mol. The largest absolute Gasteiger partial charge is 0.320 e. The molecular weight excluding hydrogens is 245 g/mol. The van der Waals surface area contributed by atoms with Gasteiger partial charge in [-0.1, -0.05) is 11.6 Å². The highest BCUT2D eigenvalue weighted by Crippen LogP contribution is 2.31. The number of thiophene rings is 1. The van der Waals surface area contributed by atoms with Crippen molar-refractivity contribution in [2.75, 3.05) is 0 Å². The third-order valence-electron chi connectivity index (χ3n) is 2.48. The molecule has 0 radical (unpaired) electrons. The molecule has 1 heterocycles. The van der Waals surface area contributed by atoms with Gasteiger partial charge in [0.1, 0.15) is 5.82 Å². The molecule has 0 aliphatic rings. The number of hydrogen-bond acceptors (Lipinski definition) is 2. The lowest BCUT2D eigenvalue weighted by molar-refractivity contribution is 0.624. The fourth-order valence-electron chi connectivity index (χ4n) is 1.60. The van der Waals surface area contributed by atoms with E-state index < -0.39 is 0 Å². The molecule has 2 N–H and O–H groups in total. The lowest BCUT2D eigenvalue weighted by Gasteiger charge is -2.13. The summed E-state index contributed by atoms with van der Waals surface area (Å²) in [6, 6.07) is 5.90. The van der Waals surface area contributed by atoms with Crippen LogP contribution in [0.4, 0.5) is 4.39 Å². The molecule has 2 rings (SSSR count). The van der Waals surface area contributed by atoms with Gasteiger partial charge in [-0.05, 0) is 47.7 Å². The molecule has 0 bridgehead atoms. The van der Waals surface area contributed by atoms with Crippen LogP contribution in [0.25, 0.3) is 0 Å². The highest BCUT2D eigenvalue weighted by Gasteiger charge is 2.16. The van der Waals surface area contributed by atoms with Crippen molar-refractivity contribution in [1.29, 1.82) is 0 Å². The van der Waals surface area contributed by atoms with Crippen molar-refractivity contribution in [1.82, 2.24) is 0 Å².